The first kappa shape index (κ1) is 21.2. The van der Waals surface area contributed by atoms with Crippen LogP contribution in [0.3, 0.4) is 0 Å². The lowest BCUT2D eigenvalue weighted by atomic mass is 9.97. The summed E-state index contributed by atoms with van der Waals surface area (Å²) in [6, 6.07) is 8.35. The zero-order valence-electron chi connectivity index (χ0n) is 16.3. The molecule has 2 aromatic rings. The van der Waals surface area contributed by atoms with Crippen molar-refractivity contribution in [2.24, 2.45) is 0 Å². The second-order valence-electron chi connectivity index (χ2n) is 6.10. The summed E-state index contributed by atoms with van der Waals surface area (Å²) in [5.41, 5.74) is -0.312. The van der Waals surface area contributed by atoms with Gasteiger partial charge in [-0.3, -0.25) is 14.2 Å². The Balaban J connectivity index is 2.48. The van der Waals surface area contributed by atoms with Crippen LogP contribution in [-0.2, 0) is 11.3 Å². The van der Waals surface area contributed by atoms with Crippen molar-refractivity contribution < 1.29 is 19.4 Å². The lowest BCUT2D eigenvalue weighted by molar-refractivity contribution is 0.103. The Labute approximate surface area is 163 Å². The molecule has 0 saturated carbocycles. The number of ketones is 1. The number of hydrogen-bond acceptors (Lipinski definition) is 6. The topological polar surface area (TPSA) is 102 Å². The number of nitrogens with zero attached hydrogens (tertiary/aromatic N) is 2. The van der Waals surface area contributed by atoms with Crippen molar-refractivity contribution in [3.8, 4) is 17.7 Å². The molecule has 1 N–H and O–H groups in total. The number of carbonyl (C=O) groups excluding carboxylic acids is 1. The van der Waals surface area contributed by atoms with Gasteiger partial charge in [0.2, 0.25) is 5.88 Å². The Morgan fingerprint density at radius 3 is 2.46 bits per heavy atom. The van der Waals surface area contributed by atoms with E-state index >= 15 is 0 Å². The maximum atomic E-state index is 13.0. The molecule has 0 radical (unpaired) electrons. The fourth-order valence-electron chi connectivity index (χ4n) is 2.91. The third-order valence-electron chi connectivity index (χ3n) is 4.33. The highest BCUT2D eigenvalue weighted by atomic mass is 16.5. The Bertz CT molecular complexity index is 939. The van der Waals surface area contributed by atoms with Crippen molar-refractivity contribution in [1.29, 1.82) is 5.26 Å². The van der Waals surface area contributed by atoms with Crippen LogP contribution in [0.1, 0.15) is 47.3 Å². The number of ether oxygens (including phenoxy) is 2. The summed E-state index contributed by atoms with van der Waals surface area (Å²) in [5.74, 6) is -0.274. The van der Waals surface area contributed by atoms with Gasteiger partial charge in [0.15, 0.2) is 5.78 Å². The fraction of sp³-hybridized carbons (Fsp3) is 0.381. The largest absolute Gasteiger partial charge is 0.494 e. The Hall–Kier alpha value is -3.11. The molecule has 148 valence electrons. The molecule has 0 unspecified atom stereocenters. The molecule has 0 atom stereocenters. The van der Waals surface area contributed by atoms with Crippen molar-refractivity contribution in [3.05, 3.63) is 56.9 Å². The molecule has 0 aliphatic heterocycles. The van der Waals surface area contributed by atoms with E-state index in [9.17, 15) is 20.0 Å². The normalized spacial score (nSPS) is 10.5. The predicted octanol–water partition coefficient (Wildman–Crippen LogP) is 2.79. The van der Waals surface area contributed by atoms with E-state index in [-0.39, 0.29) is 23.2 Å². The predicted molar refractivity (Wildman–Crippen MR) is 104 cm³/mol. The zero-order valence-corrected chi connectivity index (χ0v) is 16.3. The van der Waals surface area contributed by atoms with Crippen LogP contribution in [0.25, 0.3) is 0 Å². The minimum Gasteiger partial charge on any atom is -0.494 e. The van der Waals surface area contributed by atoms with Gasteiger partial charge < -0.3 is 14.6 Å². The minimum absolute atomic E-state index is 0.0447. The Morgan fingerprint density at radius 2 is 1.89 bits per heavy atom. The SMILES string of the molecule is CCOCCCn1c(O)c(C(=O)c2ccc(OCC)cc2)c(C)c(C#N)c1=O. The molecule has 28 heavy (non-hydrogen) atoms. The van der Waals surface area contributed by atoms with Gasteiger partial charge in [0, 0.05) is 25.3 Å². The average molecular weight is 384 g/mol. The lowest BCUT2D eigenvalue weighted by Gasteiger charge is -2.15. The molecule has 0 spiro atoms. The van der Waals surface area contributed by atoms with Crippen LogP contribution in [0.15, 0.2) is 29.1 Å². The van der Waals surface area contributed by atoms with Gasteiger partial charge in [-0.15, -0.1) is 0 Å². The van der Waals surface area contributed by atoms with Crippen LogP contribution in [0.2, 0.25) is 0 Å². The van der Waals surface area contributed by atoms with Crippen LogP contribution < -0.4 is 10.3 Å². The van der Waals surface area contributed by atoms with E-state index in [1.165, 1.54) is 6.92 Å². The van der Waals surface area contributed by atoms with Crippen LogP contribution in [0, 0.1) is 18.3 Å². The molecular weight excluding hydrogens is 360 g/mol. The summed E-state index contributed by atoms with van der Waals surface area (Å²) < 4.78 is 11.7. The number of rotatable bonds is 9. The second kappa shape index (κ2) is 9.72. The Kier molecular flexibility index (Phi) is 7.36. The van der Waals surface area contributed by atoms with Crippen LogP contribution in [0.4, 0.5) is 0 Å². The van der Waals surface area contributed by atoms with Gasteiger partial charge in [0.25, 0.3) is 5.56 Å². The van der Waals surface area contributed by atoms with Crippen molar-refractivity contribution >= 4 is 5.78 Å². The van der Waals surface area contributed by atoms with Gasteiger partial charge in [0.1, 0.15) is 17.4 Å². The molecule has 1 heterocycles. The highest BCUT2D eigenvalue weighted by molar-refractivity contribution is 6.11. The number of pyridine rings is 1. The Morgan fingerprint density at radius 1 is 1.21 bits per heavy atom. The van der Waals surface area contributed by atoms with E-state index in [2.05, 4.69) is 0 Å². The summed E-state index contributed by atoms with van der Waals surface area (Å²) in [6.07, 6.45) is 0.464. The average Bonchev–Trinajstić information content (AvgIpc) is 2.68. The first-order chi connectivity index (χ1) is 13.5. The highest BCUT2D eigenvalue weighted by Crippen LogP contribution is 2.26. The van der Waals surface area contributed by atoms with Gasteiger partial charge in [-0.25, -0.2) is 0 Å². The molecule has 2 rings (SSSR count). The van der Waals surface area contributed by atoms with Gasteiger partial charge >= 0.3 is 0 Å². The van der Waals surface area contributed by atoms with Crippen LogP contribution in [0.5, 0.6) is 11.6 Å². The molecular formula is C21H24N2O5. The maximum Gasteiger partial charge on any atom is 0.271 e. The number of aromatic nitrogens is 1. The summed E-state index contributed by atoms with van der Waals surface area (Å²) in [5, 5.41) is 20.1. The van der Waals surface area contributed by atoms with Gasteiger partial charge in [-0.1, -0.05) is 0 Å². The molecule has 7 heteroatoms. The first-order valence-corrected chi connectivity index (χ1v) is 9.17. The van der Waals surface area contributed by atoms with Gasteiger partial charge in [0.05, 0.1) is 12.2 Å². The number of carbonyl (C=O) groups is 1. The monoisotopic (exact) mass is 384 g/mol. The second-order valence-corrected chi connectivity index (χ2v) is 6.10. The molecule has 0 aliphatic carbocycles. The fourth-order valence-corrected chi connectivity index (χ4v) is 2.91. The number of aromatic hydroxyl groups is 1. The van der Waals surface area contributed by atoms with Crippen molar-refractivity contribution in [2.45, 2.75) is 33.7 Å². The van der Waals surface area contributed by atoms with E-state index in [4.69, 9.17) is 9.47 Å². The first-order valence-electron chi connectivity index (χ1n) is 9.17. The van der Waals surface area contributed by atoms with Gasteiger partial charge in [-0.2, -0.15) is 5.26 Å². The van der Waals surface area contributed by atoms with Crippen molar-refractivity contribution in [3.63, 3.8) is 0 Å². The quantitative estimate of drug-likeness (QED) is 0.527. The number of hydrogen-bond donors (Lipinski definition) is 1. The summed E-state index contributed by atoms with van der Waals surface area (Å²) in [4.78, 5) is 25.6. The molecule has 1 aromatic heterocycles. The number of nitriles is 1. The van der Waals surface area contributed by atoms with Crippen molar-refractivity contribution in [2.75, 3.05) is 19.8 Å². The van der Waals surface area contributed by atoms with Gasteiger partial charge in [-0.05, 0) is 57.0 Å². The molecule has 0 fully saturated rings. The zero-order chi connectivity index (χ0) is 20.7. The molecule has 0 bridgehead atoms. The van der Waals surface area contributed by atoms with Crippen molar-refractivity contribution in [1.82, 2.24) is 4.57 Å². The molecule has 0 aliphatic rings. The summed E-state index contributed by atoms with van der Waals surface area (Å²) >= 11 is 0. The smallest absolute Gasteiger partial charge is 0.271 e. The van der Waals surface area contributed by atoms with Crippen LogP contribution in [-0.4, -0.2) is 35.3 Å². The third-order valence-corrected chi connectivity index (χ3v) is 4.33. The minimum atomic E-state index is -0.614. The molecule has 7 nitrogen and oxygen atoms in total. The standard InChI is InChI=1S/C21H24N2O5/c1-4-27-12-6-11-23-20(25)17(13-22)14(3)18(21(23)26)19(24)15-7-9-16(10-8-15)28-5-2/h7-10,26H,4-6,11-12H2,1-3H3. The highest BCUT2D eigenvalue weighted by Gasteiger charge is 2.24. The molecule has 1 aromatic carbocycles. The van der Waals surface area contributed by atoms with Crippen LogP contribution >= 0.6 is 0 Å². The lowest BCUT2D eigenvalue weighted by Crippen LogP contribution is -2.27. The molecule has 0 saturated heterocycles. The summed E-state index contributed by atoms with van der Waals surface area (Å²) in [6.45, 7) is 6.80. The van der Waals surface area contributed by atoms with E-state index < -0.39 is 17.2 Å². The molecule has 0 amide bonds. The third kappa shape index (κ3) is 4.41. The summed E-state index contributed by atoms with van der Waals surface area (Å²) in [7, 11) is 0. The van der Waals surface area contributed by atoms with E-state index in [1.807, 2.05) is 19.9 Å². The number of benzene rings is 1. The van der Waals surface area contributed by atoms with E-state index in [0.717, 1.165) is 4.57 Å². The maximum absolute atomic E-state index is 13.0. The van der Waals surface area contributed by atoms with E-state index in [1.54, 1.807) is 24.3 Å². The van der Waals surface area contributed by atoms with E-state index in [0.29, 0.717) is 37.6 Å².